The Morgan fingerprint density at radius 1 is 1.00 bits per heavy atom. The van der Waals surface area contributed by atoms with Crippen LogP contribution in [0.15, 0.2) is 67.0 Å². The van der Waals surface area contributed by atoms with Crippen LogP contribution in [0.1, 0.15) is 16.1 Å². The van der Waals surface area contributed by atoms with Gasteiger partial charge in [-0.2, -0.15) is 5.10 Å². The fourth-order valence-electron chi connectivity index (χ4n) is 3.68. The summed E-state index contributed by atoms with van der Waals surface area (Å²) in [6, 6.07) is 17.4. The first-order chi connectivity index (χ1) is 15.6. The van der Waals surface area contributed by atoms with Gasteiger partial charge in [0, 0.05) is 35.8 Å². The fourth-order valence-corrected chi connectivity index (χ4v) is 3.68. The van der Waals surface area contributed by atoms with E-state index < -0.39 is 0 Å². The van der Waals surface area contributed by atoms with Crippen LogP contribution in [-0.4, -0.2) is 33.2 Å². The van der Waals surface area contributed by atoms with Gasteiger partial charge < -0.3 is 15.8 Å². The Morgan fingerprint density at radius 2 is 1.78 bits per heavy atom. The maximum atomic E-state index is 12.8. The van der Waals surface area contributed by atoms with E-state index >= 15 is 0 Å². The van der Waals surface area contributed by atoms with Crippen LogP contribution >= 0.6 is 0 Å². The highest BCUT2D eigenvalue weighted by atomic mass is 16.5. The molecule has 5 aromatic rings. The molecule has 0 atom stereocenters. The summed E-state index contributed by atoms with van der Waals surface area (Å²) in [5, 5.41) is 12.7. The molecule has 8 nitrogen and oxygen atoms in total. The van der Waals surface area contributed by atoms with E-state index in [1.165, 1.54) is 0 Å². The van der Waals surface area contributed by atoms with Crippen LogP contribution in [-0.2, 0) is 6.54 Å². The van der Waals surface area contributed by atoms with Crippen molar-refractivity contribution in [2.45, 2.75) is 6.54 Å². The Balaban J connectivity index is 1.45. The third-order valence-electron chi connectivity index (χ3n) is 5.37. The first-order valence-electron chi connectivity index (χ1n) is 10.0. The van der Waals surface area contributed by atoms with Gasteiger partial charge in [-0.25, -0.2) is 9.97 Å². The molecule has 0 aliphatic rings. The van der Waals surface area contributed by atoms with Crippen molar-refractivity contribution in [2.24, 2.45) is 0 Å². The highest BCUT2D eigenvalue weighted by Crippen LogP contribution is 2.29. The summed E-state index contributed by atoms with van der Waals surface area (Å²) in [5.41, 5.74) is 9.99. The van der Waals surface area contributed by atoms with Crippen molar-refractivity contribution >= 4 is 33.4 Å². The Bertz CT molecular complexity index is 1460. The monoisotopic (exact) mass is 424 g/mol. The zero-order chi connectivity index (χ0) is 22.1. The van der Waals surface area contributed by atoms with Crippen LogP contribution in [0.3, 0.4) is 0 Å². The van der Waals surface area contributed by atoms with E-state index in [0.717, 1.165) is 38.4 Å². The Morgan fingerprint density at radius 3 is 2.62 bits per heavy atom. The minimum Gasteiger partial charge on any atom is -0.481 e. The maximum Gasteiger partial charge on any atom is 0.272 e. The summed E-state index contributed by atoms with van der Waals surface area (Å²) in [4.78, 5) is 21.1. The summed E-state index contributed by atoms with van der Waals surface area (Å²) in [6.07, 6.45) is 3.34. The largest absolute Gasteiger partial charge is 0.481 e. The first kappa shape index (κ1) is 19.5. The van der Waals surface area contributed by atoms with Crippen LogP contribution < -0.4 is 15.8 Å². The molecule has 8 heteroatoms. The number of anilines is 1. The van der Waals surface area contributed by atoms with Gasteiger partial charge in [0.05, 0.1) is 12.6 Å². The molecule has 0 spiro atoms. The Hall–Kier alpha value is -4.46. The van der Waals surface area contributed by atoms with E-state index in [0.29, 0.717) is 23.9 Å². The number of methoxy groups -OCH3 is 1. The standard InChI is InChI=1S/C24H20N6O2/c1-32-21-10-14(6-8-26-21)13-28-24(31)22-19-12-17(4-5-20(19)29-30-22)16-3-2-15-7-9-27-23(25)18(15)11-16/h2-12H,13H2,1H3,(H2,25,27)(H,28,31)(H,29,30). The minimum absolute atomic E-state index is 0.267. The van der Waals surface area contributed by atoms with Gasteiger partial charge in [-0.05, 0) is 52.4 Å². The van der Waals surface area contributed by atoms with Gasteiger partial charge in [-0.1, -0.05) is 18.2 Å². The molecule has 0 bridgehead atoms. The molecule has 2 aromatic carbocycles. The number of benzene rings is 2. The number of amides is 1. The number of hydrogen-bond donors (Lipinski definition) is 3. The van der Waals surface area contributed by atoms with E-state index in [-0.39, 0.29) is 5.91 Å². The molecule has 0 fully saturated rings. The molecule has 32 heavy (non-hydrogen) atoms. The zero-order valence-corrected chi connectivity index (χ0v) is 17.3. The molecule has 3 heterocycles. The van der Waals surface area contributed by atoms with Gasteiger partial charge in [0.2, 0.25) is 5.88 Å². The second-order valence-electron chi connectivity index (χ2n) is 7.35. The molecule has 0 saturated carbocycles. The molecule has 1 amide bonds. The fraction of sp³-hybridized carbons (Fsp3) is 0.0833. The number of ether oxygens (including phenoxy) is 1. The van der Waals surface area contributed by atoms with Crippen LogP contribution in [0, 0.1) is 0 Å². The number of H-pyrrole nitrogens is 1. The van der Waals surface area contributed by atoms with Crippen LogP contribution in [0.5, 0.6) is 5.88 Å². The predicted octanol–water partition coefficient (Wildman–Crippen LogP) is 3.69. The number of nitrogen functional groups attached to an aromatic ring is 1. The van der Waals surface area contributed by atoms with Crippen molar-refractivity contribution in [3.8, 4) is 17.0 Å². The highest BCUT2D eigenvalue weighted by Gasteiger charge is 2.15. The lowest BCUT2D eigenvalue weighted by Crippen LogP contribution is -2.23. The van der Waals surface area contributed by atoms with Gasteiger partial charge >= 0.3 is 0 Å². The molecule has 3 aromatic heterocycles. The average molecular weight is 424 g/mol. The lowest BCUT2D eigenvalue weighted by atomic mass is 10.00. The van der Waals surface area contributed by atoms with Gasteiger partial charge in [0.1, 0.15) is 5.82 Å². The number of hydrogen-bond acceptors (Lipinski definition) is 6. The van der Waals surface area contributed by atoms with Gasteiger partial charge in [-0.3, -0.25) is 9.89 Å². The average Bonchev–Trinajstić information content (AvgIpc) is 3.26. The van der Waals surface area contributed by atoms with Crippen molar-refractivity contribution in [2.75, 3.05) is 12.8 Å². The van der Waals surface area contributed by atoms with Crippen LogP contribution in [0.2, 0.25) is 0 Å². The molecule has 4 N–H and O–H groups in total. The zero-order valence-electron chi connectivity index (χ0n) is 17.3. The number of pyridine rings is 2. The van der Waals surface area contributed by atoms with Gasteiger partial charge in [0.25, 0.3) is 5.91 Å². The SMILES string of the molecule is COc1cc(CNC(=O)c2n[nH]c3ccc(-c4ccc5ccnc(N)c5c4)cc23)ccn1. The lowest BCUT2D eigenvalue weighted by Gasteiger charge is -2.07. The van der Waals surface area contributed by atoms with Gasteiger partial charge in [-0.15, -0.1) is 0 Å². The van der Waals surface area contributed by atoms with Crippen molar-refractivity contribution in [1.82, 2.24) is 25.5 Å². The number of nitrogens with one attached hydrogen (secondary N) is 2. The number of aromatic nitrogens is 4. The molecule has 0 saturated heterocycles. The van der Waals surface area contributed by atoms with Crippen molar-refractivity contribution in [3.05, 3.63) is 78.2 Å². The third kappa shape index (κ3) is 3.58. The second kappa shape index (κ2) is 7.99. The molecular weight excluding hydrogens is 404 g/mol. The summed E-state index contributed by atoms with van der Waals surface area (Å²) in [7, 11) is 1.55. The predicted molar refractivity (Wildman–Crippen MR) is 123 cm³/mol. The quantitative estimate of drug-likeness (QED) is 0.396. The summed E-state index contributed by atoms with van der Waals surface area (Å²) < 4.78 is 5.13. The van der Waals surface area contributed by atoms with Crippen LogP contribution in [0.4, 0.5) is 5.82 Å². The highest BCUT2D eigenvalue weighted by molar-refractivity contribution is 6.06. The van der Waals surface area contributed by atoms with Crippen molar-refractivity contribution < 1.29 is 9.53 Å². The number of rotatable bonds is 5. The third-order valence-corrected chi connectivity index (χ3v) is 5.37. The summed E-state index contributed by atoms with van der Waals surface area (Å²) in [6.45, 7) is 0.336. The van der Waals surface area contributed by atoms with E-state index in [2.05, 4.69) is 25.5 Å². The number of carbonyl (C=O) groups excluding carboxylic acids is 1. The number of aromatic amines is 1. The number of carbonyl (C=O) groups is 1. The summed E-state index contributed by atoms with van der Waals surface area (Å²) >= 11 is 0. The molecular formula is C24H20N6O2. The van der Waals surface area contributed by atoms with Crippen LogP contribution in [0.25, 0.3) is 32.8 Å². The van der Waals surface area contributed by atoms with Crippen molar-refractivity contribution in [1.29, 1.82) is 0 Å². The number of nitrogens with two attached hydrogens (primary N) is 1. The van der Waals surface area contributed by atoms with Crippen molar-refractivity contribution in [3.63, 3.8) is 0 Å². The molecule has 0 radical (unpaired) electrons. The molecule has 158 valence electrons. The first-order valence-corrected chi connectivity index (χ1v) is 10.0. The number of nitrogens with zero attached hydrogens (tertiary/aromatic N) is 3. The molecule has 0 unspecified atom stereocenters. The minimum atomic E-state index is -0.267. The summed E-state index contributed by atoms with van der Waals surface area (Å²) in [5.74, 6) is 0.718. The maximum absolute atomic E-state index is 12.8. The van der Waals surface area contributed by atoms with E-state index in [4.69, 9.17) is 10.5 Å². The second-order valence-corrected chi connectivity index (χ2v) is 7.35. The lowest BCUT2D eigenvalue weighted by molar-refractivity contribution is 0.0947. The van der Waals surface area contributed by atoms with E-state index in [9.17, 15) is 4.79 Å². The molecule has 5 rings (SSSR count). The van der Waals surface area contributed by atoms with E-state index in [1.54, 1.807) is 25.6 Å². The van der Waals surface area contributed by atoms with Gasteiger partial charge in [0.15, 0.2) is 5.69 Å². The number of fused-ring (bicyclic) bond motifs is 2. The van der Waals surface area contributed by atoms with E-state index in [1.807, 2.05) is 48.5 Å². The molecule has 0 aliphatic carbocycles. The normalized spacial score (nSPS) is 11.0. The Kier molecular flexibility index (Phi) is 4.87. The topological polar surface area (TPSA) is 119 Å². The smallest absolute Gasteiger partial charge is 0.272 e. The molecule has 0 aliphatic heterocycles. The Labute approximate surface area is 183 Å².